The molecular formula is C22H32N4O4. The van der Waals surface area contributed by atoms with E-state index in [1.165, 1.54) is 6.20 Å². The highest BCUT2D eigenvalue weighted by molar-refractivity contribution is 5.98. The van der Waals surface area contributed by atoms with E-state index in [1.54, 1.807) is 0 Å². The fraction of sp³-hybridized carbons (Fsp3) is 0.500. The number of benzene rings is 1. The fourth-order valence-corrected chi connectivity index (χ4v) is 2.78. The molecule has 0 bridgehead atoms. The standard InChI is InChI=1S/C22H32N4O4/c1-21(2,3)19-23-13-16(18(28)25-19)24-17(27)11-12-22(4,5)26-20(29)30-14-15-9-7-6-8-10-15/h6-10,13,19,23H,11-12,14H2,1-5H3,(H,24,27)(H,25,28)(H,26,29). The van der Waals surface area contributed by atoms with Gasteiger partial charge in [-0.2, -0.15) is 0 Å². The normalized spacial score (nSPS) is 16.6. The summed E-state index contributed by atoms with van der Waals surface area (Å²) in [7, 11) is 0. The van der Waals surface area contributed by atoms with E-state index in [4.69, 9.17) is 4.74 Å². The van der Waals surface area contributed by atoms with Crippen LogP contribution in [0.15, 0.2) is 42.2 Å². The number of carbonyl (C=O) groups excluding carboxylic acids is 3. The molecule has 0 fully saturated rings. The van der Waals surface area contributed by atoms with Gasteiger partial charge in [0.25, 0.3) is 5.91 Å². The lowest BCUT2D eigenvalue weighted by molar-refractivity contribution is -0.125. The summed E-state index contributed by atoms with van der Waals surface area (Å²) >= 11 is 0. The molecule has 1 aromatic rings. The van der Waals surface area contributed by atoms with Gasteiger partial charge in [0.1, 0.15) is 18.5 Å². The maximum Gasteiger partial charge on any atom is 0.407 e. The van der Waals surface area contributed by atoms with Crippen LogP contribution in [0.25, 0.3) is 0 Å². The number of amides is 3. The minimum atomic E-state index is -0.649. The number of hydrogen-bond acceptors (Lipinski definition) is 5. The van der Waals surface area contributed by atoms with Gasteiger partial charge in [0.15, 0.2) is 0 Å². The summed E-state index contributed by atoms with van der Waals surface area (Å²) in [5, 5.41) is 11.3. The van der Waals surface area contributed by atoms with Gasteiger partial charge >= 0.3 is 6.09 Å². The number of rotatable bonds is 7. The number of carbonyl (C=O) groups is 3. The molecular weight excluding hydrogens is 384 g/mol. The van der Waals surface area contributed by atoms with Gasteiger partial charge in [0, 0.05) is 23.6 Å². The molecule has 2 rings (SSSR count). The first kappa shape index (κ1) is 23.3. The number of alkyl carbamates (subject to hydrolysis) is 1. The summed E-state index contributed by atoms with van der Waals surface area (Å²) in [5.74, 6) is -0.635. The maximum atomic E-state index is 12.3. The Kier molecular flexibility index (Phi) is 7.48. The molecule has 1 aliphatic heterocycles. The predicted octanol–water partition coefficient (Wildman–Crippen LogP) is 2.52. The third-order valence-corrected chi connectivity index (χ3v) is 4.68. The number of nitrogens with one attached hydrogen (secondary N) is 4. The van der Waals surface area contributed by atoms with Gasteiger partial charge in [-0.25, -0.2) is 4.79 Å². The van der Waals surface area contributed by atoms with Crippen LogP contribution in [0.5, 0.6) is 0 Å². The van der Waals surface area contributed by atoms with Crippen molar-refractivity contribution < 1.29 is 19.1 Å². The van der Waals surface area contributed by atoms with Crippen molar-refractivity contribution in [1.29, 1.82) is 0 Å². The van der Waals surface area contributed by atoms with Crippen LogP contribution in [-0.4, -0.2) is 29.6 Å². The second-order valence-corrected chi connectivity index (χ2v) is 9.12. The van der Waals surface area contributed by atoms with E-state index in [0.717, 1.165) is 5.56 Å². The van der Waals surface area contributed by atoms with E-state index in [1.807, 2.05) is 65.0 Å². The quantitative estimate of drug-likeness (QED) is 0.546. The zero-order valence-electron chi connectivity index (χ0n) is 18.3. The Hall–Kier alpha value is -3.03. The Morgan fingerprint density at radius 2 is 1.77 bits per heavy atom. The molecule has 0 aliphatic carbocycles. The highest BCUT2D eigenvalue weighted by atomic mass is 16.5. The van der Waals surface area contributed by atoms with Crippen molar-refractivity contribution in [2.75, 3.05) is 0 Å². The molecule has 30 heavy (non-hydrogen) atoms. The molecule has 4 N–H and O–H groups in total. The van der Waals surface area contributed by atoms with Crippen molar-refractivity contribution in [3.8, 4) is 0 Å². The van der Waals surface area contributed by atoms with Crippen molar-refractivity contribution >= 4 is 17.9 Å². The van der Waals surface area contributed by atoms with E-state index in [2.05, 4.69) is 21.3 Å². The lowest BCUT2D eigenvalue weighted by Crippen LogP contribution is -2.56. The van der Waals surface area contributed by atoms with Crippen molar-refractivity contribution in [1.82, 2.24) is 21.3 Å². The molecule has 8 nitrogen and oxygen atoms in total. The summed E-state index contributed by atoms with van der Waals surface area (Å²) in [4.78, 5) is 36.5. The van der Waals surface area contributed by atoms with Gasteiger partial charge in [-0.3, -0.25) is 9.59 Å². The van der Waals surface area contributed by atoms with Gasteiger partial charge < -0.3 is 26.0 Å². The maximum absolute atomic E-state index is 12.3. The Labute approximate surface area is 177 Å². The summed E-state index contributed by atoms with van der Waals surface area (Å²) in [6.07, 6.45) is 1.29. The molecule has 0 radical (unpaired) electrons. The smallest absolute Gasteiger partial charge is 0.407 e. The molecule has 164 valence electrons. The van der Waals surface area contributed by atoms with Crippen LogP contribution in [0, 0.1) is 5.41 Å². The molecule has 0 aromatic heterocycles. The molecule has 1 unspecified atom stereocenters. The van der Waals surface area contributed by atoms with E-state index < -0.39 is 11.6 Å². The molecule has 1 aromatic carbocycles. The van der Waals surface area contributed by atoms with E-state index >= 15 is 0 Å². The van der Waals surface area contributed by atoms with Gasteiger partial charge in [0.05, 0.1) is 0 Å². The first-order valence-corrected chi connectivity index (χ1v) is 10.0. The molecule has 0 saturated heterocycles. The molecule has 8 heteroatoms. The minimum absolute atomic E-state index is 0.138. The Bertz CT molecular complexity index is 797. The molecule has 0 saturated carbocycles. The molecule has 3 amide bonds. The Morgan fingerprint density at radius 3 is 2.37 bits per heavy atom. The van der Waals surface area contributed by atoms with Crippen molar-refractivity contribution in [2.45, 2.75) is 65.8 Å². The number of hydrogen-bond donors (Lipinski definition) is 4. The predicted molar refractivity (Wildman–Crippen MR) is 114 cm³/mol. The van der Waals surface area contributed by atoms with Crippen molar-refractivity contribution in [3.63, 3.8) is 0 Å². The molecule has 1 aliphatic rings. The van der Waals surface area contributed by atoms with Crippen LogP contribution in [0.1, 0.15) is 53.0 Å². The van der Waals surface area contributed by atoms with Gasteiger partial charge in [-0.05, 0) is 25.8 Å². The molecule has 0 spiro atoms. The average Bonchev–Trinajstić information content (AvgIpc) is 2.66. The second kappa shape index (κ2) is 9.65. The number of ether oxygens (including phenoxy) is 1. The first-order valence-electron chi connectivity index (χ1n) is 10.0. The average molecular weight is 417 g/mol. The van der Waals surface area contributed by atoms with Gasteiger partial charge in [-0.1, -0.05) is 51.1 Å². The van der Waals surface area contributed by atoms with Gasteiger partial charge in [-0.15, -0.1) is 0 Å². The summed E-state index contributed by atoms with van der Waals surface area (Å²) in [5.41, 5.74) is 0.260. The van der Waals surface area contributed by atoms with Crippen LogP contribution in [0.2, 0.25) is 0 Å². The van der Waals surface area contributed by atoms with E-state index in [0.29, 0.717) is 6.42 Å². The monoisotopic (exact) mass is 416 g/mol. The van der Waals surface area contributed by atoms with Crippen LogP contribution in [0.3, 0.4) is 0 Å². The van der Waals surface area contributed by atoms with E-state index in [9.17, 15) is 14.4 Å². The fourth-order valence-electron chi connectivity index (χ4n) is 2.78. The zero-order valence-corrected chi connectivity index (χ0v) is 18.3. The Morgan fingerprint density at radius 1 is 1.10 bits per heavy atom. The molecule has 1 atom stereocenters. The SMILES string of the molecule is CC(C)(CCC(=O)NC1=CNC(C(C)(C)C)NC1=O)NC(=O)OCc1ccccc1. The summed E-state index contributed by atoms with van der Waals surface area (Å²) in [6, 6.07) is 9.39. The highest BCUT2D eigenvalue weighted by Crippen LogP contribution is 2.19. The van der Waals surface area contributed by atoms with E-state index in [-0.39, 0.29) is 42.1 Å². The first-order chi connectivity index (χ1) is 14.0. The van der Waals surface area contributed by atoms with Crippen LogP contribution in [0.4, 0.5) is 4.79 Å². The van der Waals surface area contributed by atoms with Gasteiger partial charge in [0.2, 0.25) is 5.91 Å². The topological polar surface area (TPSA) is 109 Å². The van der Waals surface area contributed by atoms with Crippen LogP contribution in [-0.2, 0) is 20.9 Å². The van der Waals surface area contributed by atoms with Crippen molar-refractivity contribution in [3.05, 3.63) is 47.8 Å². The third-order valence-electron chi connectivity index (χ3n) is 4.68. The lowest BCUT2D eigenvalue weighted by Gasteiger charge is -2.34. The summed E-state index contributed by atoms with van der Waals surface area (Å²) in [6.45, 7) is 9.81. The minimum Gasteiger partial charge on any atom is -0.445 e. The van der Waals surface area contributed by atoms with Crippen LogP contribution >= 0.6 is 0 Å². The van der Waals surface area contributed by atoms with Crippen LogP contribution < -0.4 is 21.3 Å². The largest absolute Gasteiger partial charge is 0.445 e. The third kappa shape index (κ3) is 7.42. The van der Waals surface area contributed by atoms with Crippen molar-refractivity contribution in [2.24, 2.45) is 5.41 Å². The second-order valence-electron chi connectivity index (χ2n) is 9.12. The Balaban J connectivity index is 1.77. The zero-order chi connectivity index (χ0) is 22.4. The summed E-state index contributed by atoms with van der Waals surface area (Å²) < 4.78 is 5.22. The highest BCUT2D eigenvalue weighted by Gasteiger charge is 2.30. The lowest BCUT2D eigenvalue weighted by atomic mass is 9.91. The molecule has 1 heterocycles.